The molecule has 2 aromatic heterocycles. The number of aromatic nitrogens is 4. The van der Waals surface area contributed by atoms with E-state index in [1.807, 2.05) is 24.0 Å². The van der Waals surface area contributed by atoms with Gasteiger partial charge >= 0.3 is 6.18 Å². The summed E-state index contributed by atoms with van der Waals surface area (Å²) in [6.07, 6.45) is 4.19. The summed E-state index contributed by atoms with van der Waals surface area (Å²) in [6.45, 7) is 13.3. The first kappa shape index (κ1) is 33.9. The molecule has 276 valence electrons. The molecule has 1 saturated carbocycles. The molecule has 4 aromatic rings. The molecule has 5 fully saturated rings. The normalized spacial score (nSPS) is 22.3. The number of likely N-dealkylation sites (N-methyl/N-ethyl adjacent to an activating group) is 1. The molecule has 2 N–H and O–H groups in total. The summed E-state index contributed by atoms with van der Waals surface area (Å²) in [5.74, 6) is 1.67. The number of rotatable bonds is 9. The lowest BCUT2D eigenvalue weighted by molar-refractivity contribution is -0.153. The number of alkyl halides is 3. The number of aromatic amines is 1. The van der Waals surface area contributed by atoms with Crippen LogP contribution in [0.2, 0.25) is 0 Å². The van der Waals surface area contributed by atoms with Crippen LogP contribution in [0.5, 0.6) is 5.75 Å². The highest BCUT2D eigenvalue weighted by molar-refractivity contribution is 6.06. The Morgan fingerprint density at radius 3 is 2.50 bits per heavy atom. The molecule has 13 heteroatoms. The fourth-order valence-electron chi connectivity index (χ4n) is 9.65. The van der Waals surface area contributed by atoms with Gasteiger partial charge in [-0.15, -0.1) is 0 Å². The number of benzene rings is 2. The van der Waals surface area contributed by atoms with E-state index < -0.39 is 19.0 Å². The maximum Gasteiger partial charge on any atom is 0.422 e. The second-order valence-electron chi connectivity index (χ2n) is 16.0. The van der Waals surface area contributed by atoms with Gasteiger partial charge in [0.2, 0.25) is 5.95 Å². The number of hydrogen-bond acceptors (Lipinski definition) is 9. The molecule has 1 aliphatic carbocycles. The second-order valence-corrected chi connectivity index (χ2v) is 16.0. The Kier molecular flexibility index (Phi) is 8.02. The van der Waals surface area contributed by atoms with E-state index in [9.17, 15) is 18.3 Å². The molecule has 4 saturated heterocycles. The van der Waals surface area contributed by atoms with E-state index in [0.29, 0.717) is 17.0 Å². The zero-order chi connectivity index (χ0) is 36.0. The molecule has 0 bridgehead atoms. The molecule has 52 heavy (non-hydrogen) atoms. The van der Waals surface area contributed by atoms with Crippen LogP contribution in [0.1, 0.15) is 62.5 Å². The van der Waals surface area contributed by atoms with Crippen LogP contribution in [-0.2, 0) is 0 Å². The fourth-order valence-corrected chi connectivity index (χ4v) is 9.65. The predicted octanol–water partition coefficient (Wildman–Crippen LogP) is 6.38. The number of fused-ring (bicyclic) bond motifs is 2. The number of aliphatic hydroxyl groups is 1. The minimum absolute atomic E-state index is 0.0848. The maximum absolute atomic E-state index is 14.1. The van der Waals surface area contributed by atoms with Crippen LogP contribution in [-0.4, -0.2) is 112 Å². The third kappa shape index (κ3) is 5.61. The number of hydrogen-bond donors (Lipinski definition) is 2. The lowest BCUT2D eigenvalue weighted by Crippen LogP contribution is -2.68. The van der Waals surface area contributed by atoms with Crippen molar-refractivity contribution in [1.29, 1.82) is 0 Å². The summed E-state index contributed by atoms with van der Waals surface area (Å²) in [5.41, 5.74) is 4.87. The number of ether oxygens (including phenoxy) is 1. The molecular formula is C39H47F3N8O2. The Balaban J connectivity index is 1.20. The zero-order valence-electron chi connectivity index (χ0n) is 30.0. The van der Waals surface area contributed by atoms with Crippen LogP contribution in [0.4, 0.5) is 24.9 Å². The van der Waals surface area contributed by atoms with E-state index in [0.717, 1.165) is 130 Å². The third-order valence-electron chi connectivity index (χ3n) is 12.6. The van der Waals surface area contributed by atoms with Crippen molar-refractivity contribution in [3.05, 3.63) is 48.2 Å². The molecule has 10 nitrogen and oxygen atoms in total. The lowest BCUT2D eigenvalue weighted by Gasteiger charge is -2.55. The number of piperidine rings is 1. The van der Waals surface area contributed by atoms with Gasteiger partial charge in [0.1, 0.15) is 17.6 Å². The van der Waals surface area contributed by atoms with Gasteiger partial charge in [-0.2, -0.15) is 23.3 Å². The fraction of sp³-hybridized carbons (Fsp3) is 0.564. The first-order chi connectivity index (χ1) is 25.0. The van der Waals surface area contributed by atoms with E-state index in [-0.39, 0.29) is 22.6 Å². The highest BCUT2D eigenvalue weighted by Gasteiger charge is 2.51. The largest absolute Gasteiger partial charge is 0.481 e. The smallest absolute Gasteiger partial charge is 0.422 e. The Morgan fingerprint density at radius 2 is 1.81 bits per heavy atom. The molecule has 2 spiro atoms. The van der Waals surface area contributed by atoms with Gasteiger partial charge in [0, 0.05) is 55.6 Å². The van der Waals surface area contributed by atoms with Crippen molar-refractivity contribution in [2.45, 2.75) is 76.2 Å². The van der Waals surface area contributed by atoms with E-state index in [2.05, 4.69) is 44.5 Å². The highest BCUT2D eigenvalue weighted by atomic mass is 19.4. The number of anilines is 2. The van der Waals surface area contributed by atoms with E-state index in [1.165, 1.54) is 0 Å². The standard InChI is InChI=1S/C39H47F3N8O2/c1-4-30(51)48-19-37(20-48)12-15-47(16-13-37)35-27-17-26(25-8-9-25)32(31-24(3)7-10-29-28(31)18-43-46-29)34(52-23-39(40,41)42)33(27)44-36(45-35)49-21-38(22-49)11-6-14-50(38)5-2/h4,7,10,17-18,25,30,51H,1,5-6,8-9,11-16,19-23H2,2-3H3,(H,43,46). The summed E-state index contributed by atoms with van der Waals surface area (Å²) in [6, 6.07) is 6.10. The topological polar surface area (TPSA) is 96.9 Å². The van der Waals surface area contributed by atoms with Crippen molar-refractivity contribution in [1.82, 2.24) is 30.0 Å². The number of nitrogens with zero attached hydrogens (tertiary/aromatic N) is 7. The monoisotopic (exact) mass is 716 g/mol. The van der Waals surface area contributed by atoms with Gasteiger partial charge in [-0.05, 0) is 105 Å². The molecule has 0 amide bonds. The van der Waals surface area contributed by atoms with Crippen molar-refractivity contribution in [2.75, 3.05) is 68.8 Å². The molecule has 6 heterocycles. The molecule has 9 rings (SSSR count). The molecular weight excluding hydrogens is 669 g/mol. The quantitative estimate of drug-likeness (QED) is 0.191. The zero-order valence-corrected chi connectivity index (χ0v) is 30.0. The average molecular weight is 717 g/mol. The molecule has 5 aliphatic rings. The summed E-state index contributed by atoms with van der Waals surface area (Å²) < 4.78 is 48.3. The SMILES string of the molecule is C=CC(O)N1CC2(CCN(c3nc(N4CC5(CCCN5CC)C4)nc4c(OCC(F)(F)F)c(-c5c(C)ccc6[nH]ncc56)c(C5CC5)cc34)CC2)C1. The molecule has 4 aliphatic heterocycles. The van der Waals surface area contributed by atoms with Gasteiger partial charge in [0.05, 0.1) is 17.3 Å². The van der Waals surface area contributed by atoms with Crippen molar-refractivity contribution in [3.8, 4) is 16.9 Å². The Bertz CT molecular complexity index is 2020. The van der Waals surface area contributed by atoms with Crippen LogP contribution in [0.25, 0.3) is 32.9 Å². The second kappa shape index (κ2) is 12.3. The third-order valence-corrected chi connectivity index (χ3v) is 12.6. The van der Waals surface area contributed by atoms with Gasteiger partial charge in [-0.25, -0.2) is 4.98 Å². The molecule has 2 aromatic carbocycles. The van der Waals surface area contributed by atoms with Gasteiger partial charge in [-0.3, -0.25) is 14.9 Å². The van der Waals surface area contributed by atoms with Crippen LogP contribution in [0.3, 0.4) is 0 Å². The summed E-state index contributed by atoms with van der Waals surface area (Å²) in [4.78, 5) is 19.6. The lowest BCUT2D eigenvalue weighted by atomic mass is 9.72. The van der Waals surface area contributed by atoms with Gasteiger partial charge in [0.25, 0.3) is 0 Å². The predicted molar refractivity (Wildman–Crippen MR) is 196 cm³/mol. The van der Waals surface area contributed by atoms with Crippen molar-refractivity contribution in [2.24, 2.45) is 5.41 Å². The summed E-state index contributed by atoms with van der Waals surface area (Å²) in [5, 5.41) is 19.2. The number of likely N-dealkylation sites (tertiary alicyclic amines) is 2. The number of halogens is 3. The van der Waals surface area contributed by atoms with Crippen LogP contribution < -0.4 is 14.5 Å². The minimum atomic E-state index is -4.54. The Morgan fingerprint density at radius 1 is 1.04 bits per heavy atom. The van der Waals surface area contributed by atoms with Crippen LogP contribution >= 0.6 is 0 Å². The number of nitrogens with one attached hydrogen (secondary N) is 1. The maximum atomic E-state index is 14.1. The Hall–Kier alpha value is -3.94. The van der Waals surface area contributed by atoms with E-state index in [1.54, 1.807) is 12.3 Å². The van der Waals surface area contributed by atoms with Gasteiger partial charge in [0.15, 0.2) is 12.4 Å². The van der Waals surface area contributed by atoms with E-state index in [4.69, 9.17) is 14.7 Å². The van der Waals surface area contributed by atoms with Crippen molar-refractivity contribution < 1.29 is 23.0 Å². The number of aryl methyl sites for hydroxylation is 1. The highest BCUT2D eigenvalue weighted by Crippen LogP contribution is 2.54. The van der Waals surface area contributed by atoms with E-state index >= 15 is 0 Å². The average Bonchev–Trinajstić information content (AvgIpc) is 3.67. The summed E-state index contributed by atoms with van der Waals surface area (Å²) >= 11 is 0. The molecule has 1 atom stereocenters. The van der Waals surface area contributed by atoms with Gasteiger partial charge < -0.3 is 19.6 Å². The van der Waals surface area contributed by atoms with Gasteiger partial charge in [-0.1, -0.05) is 19.6 Å². The first-order valence-corrected chi connectivity index (χ1v) is 18.8. The number of H-pyrrole nitrogens is 1. The first-order valence-electron chi connectivity index (χ1n) is 18.8. The van der Waals surface area contributed by atoms with Crippen LogP contribution in [0.15, 0.2) is 37.1 Å². The molecule has 0 radical (unpaired) electrons. The van der Waals surface area contributed by atoms with Crippen LogP contribution in [0, 0.1) is 12.3 Å². The van der Waals surface area contributed by atoms with Crippen molar-refractivity contribution >= 4 is 33.6 Å². The minimum Gasteiger partial charge on any atom is -0.481 e. The Labute approximate surface area is 301 Å². The summed E-state index contributed by atoms with van der Waals surface area (Å²) in [7, 11) is 0. The molecule has 1 unspecified atom stereocenters. The van der Waals surface area contributed by atoms with Crippen molar-refractivity contribution in [3.63, 3.8) is 0 Å². The number of aliphatic hydroxyl groups excluding tert-OH is 1.